The van der Waals surface area contributed by atoms with Gasteiger partial charge in [0.25, 0.3) is 5.91 Å². The number of methoxy groups -OCH3 is 1. The SMILES string of the molecule is COCCN(C(=O)c1cc(N)ccc1C)C(C)C1CC1. The van der Waals surface area contributed by atoms with Gasteiger partial charge in [-0.05, 0) is 50.3 Å². The van der Waals surface area contributed by atoms with Crippen molar-refractivity contribution < 1.29 is 9.53 Å². The summed E-state index contributed by atoms with van der Waals surface area (Å²) in [5.41, 5.74) is 8.12. The standard InChI is InChI=1S/C16H24N2O2/c1-11-4-7-14(17)10-15(11)16(19)18(8-9-20-3)12(2)13-5-6-13/h4,7,10,12-13H,5-6,8-9,17H2,1-3H3. The average molecular weight is 276 g/mol. The summed E-state index contributed by atoms with van der Waals surface area (Å²) in [5, 5.41) is 0. The lowest BCUT2D eigenvalue weighted by atomic mass is 10.0. The van der Waals surface area contributed by atoms with Crippen LogP contribution in [0, 0.1) is 12.8 Å². The van der Waals surface area contributed by atoms with E-state index in [1.165, 1.54) is 12.8 Å². The van der Waals surface area contributed by atoms with Gasteiger partial charge in [-0.25, -0.2) is 0 Å². The zero-order valence-electron chi connectivity index (χ0n) is 12.6. The van der Waals surface area contributed by atoms with E-state index in [1.54, 1.807) is 13.2 Å². The monoisotopic (exact) mass is 276 g/mol. The Hall–Kier alpha value is -1.55. The molecule has 1 atom stereocenters. The lowest BCUT2D eigenvalue weighted by Crippen LogP contribution is -2.42. The Morgan fingerprint density at radius 3 is 2.80 bits per heavy atom. The minimum atomic E-state index is 0.0613. The van der Waals surface area contributed by atoms with Gasteiger partial charge in [0.15, 0.2) is 0 Å². The molecular weight excluding hydrogens is 252 g/mol. The molecule has 1 fully saturated rings. The zero-order chi connectivity index (χ0) is 14.7. The van der Waals surface area contributed by atoms with Gasteiger partial charge in [0, 0.05) is 30.9 Å². The molecule has 1 aliphatic carbocycles. The van der Waals surface area contributed by atoms with Crippen LogP contribution in [0.4, 0.5) is 5.69 Å². The second-order valence-electron chi connectivity index (χ2n) is 5.64. The van der Waals surface area contributed by atoms with Crippen LogP contribution in [0.5, 0.6) is 0 Å². The first-order chi connectivity index (χ1) is 9.54. The minimum Gasteiger partial charge on any atom is -0.399 e. The number of hydrogen-bond donors (Lipinski definition) is 1. The molecule has 0 bridgehead atoms. The predicted molar refractivity (Wildman–Crippen MR) is 80.7 cm³/mol. The van der Waals surface area contributed by atoms with Crippen LogP contribution in [0.25, 0.3) is 0 Å². The number of nitrogens with two attached hydrogens (primary N) is 1. The first kappa shape index (κ1) is 14.9. The molecule has 1 saturated carbocycles. The molecule has 0 aliphatic heterocycles. The molecule has 1 aromatic rings. The van der Waals surface area contributed by atoms with E-state index < -0.39 is 0 Å². The van der Waals surface area contributed by atoms with Gasteiger partial charge in [0.2, 0.25) is 0 Å². The van der Waals surface area contributed by atoms with Crippen molar-refractivity contribution in [3.8, 4) is 0 Å². The second-order valence-corrected chi connectivity index (χ2v) is 5.64. The van der Waals surface area contributed by atoms with E-state index in [1.807, 2.05) is 24.0 Å². The number of nitrogen functional groups attached to an aromatic ring is 1. The second kappa shape index (κ2) is 6.27. The Bertz CT molecular complexity index is 483. The first-order valence-corrected chi connectivity index (χ1v) is 7.20. The zero-order valence-corrected chi connectivity index (χ0v) is 12.6. The molecule has 0 heterocycles. The highest BCUT2D eigenvalue weighted by molar-refractivity contribution is 5.96. The van der Waals surface area contributed by atoms with E-state index in [9.17, 15) is 4.79 Å². The summed E-state index contributed by atoms with van der Waals surface area (Å²) in [7, 11) is 1.66. The summed E-state index contributed by atoms with van der Waals surface area (Å²) in [6.07, 6.45) is 2.43. The summed E-state index contributed by atoms with van der Waals surface area (Å²) >= 11 is 0. The summed E-state index contributed by atoms with van der Waals surface area (Å²) in [4.78, 5) is 14.7. The third-order valence-corrected chi connectivity index (χ3v) is 4.09. The number of hydrogen-bond acceptors (Lipinski definition) is 3. The Kier molecular flexibility index (Phi) is 4.65. The van der Waals surface area contributed by atoms with Crippen molar-refractivity contribution >= 4 is 11.6 Å². The van der Waals surface area contributed by atoms with Crippen LogP contribution < -0.4 is 5.73 Å². The van der Waals surface area contributed by atoms with E-state index in [0.29, 0.717) is 30.3 Å². The van der Waals surface area contributed by atoms with Gasteiger partial charge in [0.1, 0.15) is 0 Å². The Labute approximate surface area is 120 Å². The van der Waals surface area contributed by atoms with Crippen molar-refractivity contribution in [1.82, 2.24) is 4.90 Å². The van der Waals surface area contributed by atoms with E-state index in [0.717, 1.165) is 5.56 Å². The van der Waals surface area contributed by atoms with Crippen molar-refractivity contribution in [2.75, 3.05) is 26.0 Å². The van der Waals surface area contributed by atoms with Gasteiger partial charge in [0.05, 0.1) is 6.61 Å². The fourth-order valence-electron chi connectivity index (χ4n) is 2.54. The number of nitrogens with zero attached hydrogens (tertiary/aromatic N) is 1. The number of rotatable bonds is 6. The smallest absolute Gasteiger partial charge is 0.254 e. The summed E-state index contributed by atoms with van der Waals surface area (Å²) < 4.78 is 5.14. The van der Waals surface area contributed by atoms with Gasteiger partial charge < -0.3 is 15.4 Å². The lowest BCUT2D eigenvalue weighted by Gasteiger charge is -2.30. The fraction of sp³-hybridized carbons (Fsp3) is 0.562. The lowest BCUT2D eigenvalue weighted by molar-refractivity contribution is 0.0594. The molecule has 4 heteroatoms. The molecular formula is C16H24N2O2. The summed E-state index contributed by atoms with van der Waals surface area (Å²) in [5.74, 6) is 0.698. The molecule has 20 heavy (non-hydrogen) atoms. The predicted octanol–water partition coefficient (Wildman–Crippen LogP) is 2.46. The number of aryl methyl sites for hydroxylation is 1. The van der Waals surface area contributed by atoms with Crippen molar-refractivity contribution in [2.45, 2.75) is 32.7 Å². The quantitative estimate of drug-likeness (QED) is 0.812. The molecule has 1 amide bonds. The number of carbonyl (C=O) groups is 1. The van der Waals surface area contributed by atoms with Crippen molar-refractivity contribution in [2.24, 2.45) is 5.92 Å². The molecule has 0 saturated heterocycles. The molecule has 4 nitrogen and oxygen atoms in total. The van der Waals surface area contributed by atoms with Crippen molar-refractivity contribution in [1.29, 1.82) is 0 Å². The normalized spacial score (nSPS) is 15.9. The van der Waals surface area contributed by atoms with E-state index in [4.69, 9.17) is 10.5 Å². The largest absolute Gasteiger partial charge is 0.399 e. The molecule has 1 unspecified atom stereocenters. The van der Waals surface area contributed by atoms with Crippen LogP contribution in [0.3, 0.4) is 0 Å². The topological polar surface area (TPSA) is 55.6 Å². The van der Waals surface area contributed by atoms with E-state index >= 15 is 0 Å². The molecule has 0 radical (unpaired) electrons. The number of amides is 1. The Morgan fingerprint density at radius 2 is 2.20 bits per heavy atom. The van der Waals surface area contributed by atoms with Gasteiger partial charge >= 0.3 is 0 Å². The maximum Gasteiger partial charge on any atom is 0.254 e. The van der Waals surface area contributed by atoms with Gasteiger partial charge in [-0.3, -0.25) is 4.79 Å². The van der Waals surface area contributed by atoms with Crippen LogP contribution in [-0.4, -0.2) is 37.1 Å². The summed E-state index contributed by atoms with van der Waals surface area (Å²) in [6, 6.07) is 5.77. The third-order valence-electron chi connectivity index (χ3n) is 4.09. The molecule has 0 aromatic heterocycles. The number of carbonyl (C=O) groups excluding carboxylic acids is 1. The van der Waals surface area contributed by atoms with Gasteiger partial charge in [-0.15, -0.1) is 0 Å². The van der Waals surface area contributed by atoms with E-state index in [2.05, 4.69) is 6.92 Å². The number of benzene rings is 1. The molecule has 110 valence electrons. The van der Waals surface area contributed by atoms with E-state index in [-0.39, 0.29) is 11.9 Å². The first-order valence-electron chi connectivity index (χ1n) is 7.20. The molecule has 1 aromatic carbocycles. The molecule has 0 spiro atoms. The molecule has 2 rings (SSSR count). The van der Waals surface area contributed by atoms with Crippen LogP contribution in [0.2, 0.25) is 0 Å². The van der Waals surface area contributed by atoms with Crippen LogP contribution in [-0.2, 0) is 4.74 Å². The molecule has 1 aliphatic rings. The maximum absolute atomic E-state index is 12.8. The van der Waals surface area contributed by atoms with Crippen molar-refractivity contribution in [3.63, 3.8) is 0 Å². The molecule has 2 N–H and O–H groups in total. The number of ether oxygens (including phenoxy) is 1. The third kappa shape index (κ3) is 3.31. The van der Waals surface area contributed by atoms with Crippen molar-refractivity contribution in [3.05, 3.63) is 29.3 Å². The highest BCUT2D eigenvalue weighted by Gasteiger charge is 2.34. The summed E-state index contributed by atoms with van der Waals surface area (Å²) in [6.45, 7) is 5.27. The van der Waals surface area contributed by atoms with Gasteiger partial charge in [-0.1, -0.05) is 6.07 Å². The minimum absolute atomic E-state index is 0.0613. The number of anilines is 1. The highest BCUT2D eigenvalue weighted by Crippen LogP contribution is 2.35. The fourth-order valence-corrected chi connectivity index (χ4v) is 2.54. The highest BCUT2D eigenvalue weighted by atomic mass is 16.5. The maximum atomic E-state index is 12.8. The Balaban J connectivity index is 2.22. The Morgan fingerprint density at radius 1 is 1.50 bits per heavy atom. The van der Waals surface area contributed by atoms with Crippen LogP contribution in [0.15, 0.2) is 18.2 Å². The van der Waals surface area contributed by atoms with Gasteiger partial charge in [-0.2, -0.15) is 0 Å². The van der Waals surface area contributed by atoms with Crippen LogP contribution in [0.1, 0.15) is 35.7 Å². The van der Waals surface area contributed by atoms with Crippen LogP contribution >= 0.6 is 0 Å². The average Bonchev–Trinajstić information content (AvgIpc) is 3.26.